The van der Waals surface area contributed by atoms with Crippen molar-refractivity contribution in [1.82, 2.24) is 0 Å². The van der Waals surface area contributed by atoms with Gasteiger partial charge in [0.25, 0.3) is 0 Å². The maximum absolute atomic E-state index is 11.3. The normalized spacial score (nSPS) is 11.3. The summed E-state index contributed by atoms with van der Waals surface area (Å²) >= 11 is 0. The molecule has 0 saturated carbocycles. The molecule has 0 aliphatic carbocycles. The number of methoxy groups -OCH3 is 2. The molecule has 12 heteroatoms. The number of carbonyl (C=O) groups excluding carboxylic acids is 1. The third kappa shape index (κ3) is 14.1. The summed E-state index contributed by atoms with van der Waals surface area (Å²) < 4.78 is 50.2. The number of esters is 1. The third-order valence-corrected chi connectivity index (χ3v) is 7.24. The minimum absolute atomic E-state index is 0.0739. The van der Waals surface area contributed by atoms with Crippen LogP contribution in [0.3, 0.4) is 0 Å². The highest BCUT2D eigenvalue weighted by atomic mass is 16.6. The molecule has 0 radical (unpaired) electrons. The molecule has 0 spiro atoms. The van der Waals surface area contributed by atoms with Gasteiger partial charge >= 0.3 is 11.9 Å². The Morgan fingerprint density at radius 3 is 1.31 bits per heavy atom. The van der Waals surface area contributed by atoms with Gasteiger partial charge in [0.05, 0.1) is 99.7 Å². The van der Waals surface area contributed by atoms with Crippen LogP contribution < -0.4 is 9.47 Å². The number of aliphatic carboxylic acids is 1. The molecule has 268 valence electrons. The van der Waals surface area contributed by atoms with E-state index in [0.717, 1.165) is 28.2 Å². The van der Waals surface area contributed by atoms with Gasteiger partial charge in [-0.25, -0.2) is 0 Å². The number of carbonyl (C=O) groups is 2. The molecule has 0 atom stereocenters. The first-order valence-corrected chi connectivity index (χ1v) is 16.2. The largest absolute Gasteiger partial charge is 0.497 e. The van der Waals surface area contributed by atoms with E-state index in [1.165, 1.54) is 0 Å². The summed E-state index contributed by atoms with van der Waals surface area (Å²) in [5.74, 6) is -0.0719. The van der Waals surface area contributed by atoms with Crippen molar-refractivity contribution in [2.75, 3.05) is 93.5 Å². The van der Waals surface area contributed by atoms with Crippen molar-refractivity contribution in [2.24, 2.45) is 0 Å². The molecule has 0 unspecified atom stereocenters. The second kappa shape index (κ2) is 23.3. The van der Waals surface area contributed by atoms with Crippen molar-refractivity contribution in [3.05, 3.63) is 95.6 Å². The Hall–Kier alpha value is -4.04. The highest BCUT2D eigenvalue weighted by molar-refractivity contribution is 5.76. The SMILES string of the molecule is COc1ccc(C(OCCOCCOCCOCCOCCOCCOC(=O)CCC(=O)O)(c2ccccc2)c2ccc(OC)cc2)cc1. The van der Waals surface area contributed by atoms with Crippen molar-refractivity contribution < 1.29 is 57.3 Å². The first kappa shape index (κ1) is 39.4. The van der Waals surface area contributed by atoms with Crippen LogP contribution >= 0.6 is 0 Å². The van der Waals surface area contributed by atoms with E-state index >= 15 is 0 Å². The minimum Gasteiger partial charge on any atom is -0.497 e. The number of carboxylic acids is 1. The molecule has 0 bridgehead atoms. The van der Waals surface area contributed by atoms with E-state index in [4.69, 9.17) is 47.7 Å². The number of benzene rings is 3. The molecule has 49 heavy (non-hydrogen) atoms. The van der Waals surface area contributed by atoms with Crippen LogP contribution in [0, 0.1) is 0 Å². The molecule has 0 aromatic heterocycles. The summed E-state index contributed by atoms with van der Waals surface area (Å²) in [5, 5.41) is 8.53. The monoisotopic (exact) mass is 684 g/mol. The smallest absolute Gasteiger partial charge is 0.306 e. The zero-order chi connectivity index (χ0) is 35.0. The van der Waals surface area contributed by atoms with E-state index in [1.54, 1.807) is 14.2 Å². The van der Waals surface area contributed by atoms with E-state index in [2.05, 4.69) is 12.1 Å². The molecule has 3 aromatic rings. The van der Waals surface area contributed by atoms with Crippen molar-refractivity contribution in [1.29, 1.82) is 0 Å². The fraction of sp³-hybridized carbons (Fsp3) is 0.459. The van der Waals surface area contributed by atoms with E-state index < -0.39 is 17.5 Å². The van der Waals surface area contributed by atoms with Gasteiger partial charge in [-0.2, -0.15) is 0 Å². The van der Waals surface area contributed by atoms with Gasteiger partial charge in [0.2, 0.25) is 0 Å². The predicted octanol–water partition coefficient (Wildman–Crippen LogP) is 4.50. The summed E-state index contributed by atoms with van der Waals surface area (Å²) in [6.07, 6.45) is -0.398. The zero-order valence-corrected chi connectivity index (χ0v) is 28.3. The van der Waals surface area contributed by atoms with Crippen molar-refractivity contribution >= 4 is 11.9 Å². The Balaban J connectivity index is 1.31. The molecule has 12 nitrogen and oxygen atoms in total. The Bertz CT molecular complexity index is 1270. The minimum atomic E-state index is -1.04. The predicted molar refractivity (Wildman–Crippen MR) is 180 cm³/mol. The molecule has 0 aliphatic rings. The topological polar surface area (TPSA) is 137 Å². The van der Waals surface area contributed by atoms with E-state index in [-0.39, 0.29) is 26.1 Å². The van der Waals surface area contributed by atoms with Crippen LogP contribution in [0.4, 0.5) is 0 Å². The van der Waals surface area contributed by atoms with Crippen molar-refractivity contribution in [3.8, 4) is 11.5 Å². The first-order chi connectivity index (χ1) is 24.0. The quantitative estimate of drug-likeness (QED) is 0.0688. The number of rotatable bonds is 27. The number of ether oxygens (including phenoxy) is 9. The van der Waals surface area contributed by atoms with Crippen molar-refractivity contribution in [2.45, 2.75) is 18.4 Å². The first-order valence-electron chi connectivity index (χ1n) is 16.2. The van der Waals surface area contributed by atoms with Gasteiger partial charge < -0.3 is 47.7 Å². The Morgan fingerprint density at radius 2 is 0.898 bits per heavy atom. The maximum atomic E-state index is 11.3. The fourth-order valence-corrected chi connectivity index (χ4v) is 4.81. The van der Waals surface area contributed by atoms with Gasteiger partial charge in [0, 0.05) is 0 Å². The fourth-order valence-electron chi connectivity index (χ4n) is 4.81. The Kier molecular flexibility index (Phi) is 18.8. The lowest BCUT2D eigenvalue weighted by Crippen LogP contribution is -2.34. The second-order valence-corrected chi connectivity index (χ2v) is 10.5. The number of hydrogen-bond acceptors (Lipinski definition) is 11. The van der Waals surface area contributed by atoms with Gasteiger partial charge in [-0.1, -0.05) is 54.6 Å². The lowest BCUT2D eigenvalue weighted by atomic mass is 9.80. The molecule has 0 fully saturated rings. The van der Waals surface area contributed by atoms with Crippen LogP contribution in [0.2, 0.25) is 0 Å². The summed E-state index contributed by atoms with van der Waals surface area (Å²) in [6.45, 7) is 4.25. The average molecular weight is 685 g/mol. The maximum Gasteiger partial charge on any atom is 0.306 e. The highest BCUT2D eigenvalue weighted by Gasteiger charge is 2.37. The lowest BCUT2D eigenvalue weighted by Gasteiger charge is -2.36. The third-order valence-electron chi connectivity index (χ3n) is 7.24. The molecule has 0 saturated heterocycles. The van der Waals surface area contributed by atoms with Gasteiger partial charge in [-0.3, -0.25) is 9.59 Å². The van der Waals surface area contributed by atoms with Crippen LogP contribution in [0.25, 0.3) is 0 Å². The summed E-state index contributed by atoms with van der Waals surface area (Å²) in [7, 11) is 3.29. The number of hydrogen-bond donors (Lipinski definition) is 1. The second-order valence-electron chi connectivity index (χ2n) is 10.5. The lowest BCUT2D eigenvalue weighted by molar-refractivity contribution is -0.149. The van der Waals surface area contributed by atoms with E-state index in [9.17, 15) is 9.59 Å². The zero-order valence-electron chi connectivity index (χ0n) is 28.3. The molecule has 3 aromatic carbocycles. The highest BCUT2D eigenvalue weighted by Crippen LogP contribution is 2.41. The van der Waals surface area contributed by atoms with Gasteiger partial charge in [-0.15, -0.1) is 0 Å². The van der Waals surface area contributed by atoms with Crippen LogP contribution in [-0.2, 0) is 48.3 Å². The van der Waals surface area contributed by atoms with Crippen LogP contribution in [0.15, 0.2) is 78.9 Å². The molecule has 1 N–H and O–H groups in total. The number of carboxylic acid groups (broad SMARTS) is 1. The van der Waals surface area contributed by atoms with Gasteiger partial charge in [0.15, 0.2) is 0 Å². The summed E-state index contributed by atoms with van der Waals surface area (Å²) in [6, 6.07) is 25.9. The Labute approximate surface area is 288 Å². The van der Waals surface area contributed by atoms with Crippen LogP contribution in [0.1, 0.15) is 29.5 Å². The van der Waals surface area contributed by atoms with Crippen LogP contribution in [-0.4, -0.2) is 111 Å². The summed E-state index contributed by atoms with van der Waals surface area (Å²) in [4.78, 5) is 21.7. The molecule has 0 aliphatic heterocycles. The molecule has 0 heterocycles. The van der Waals surface area contributed by atoms with Gasteiger partial charge in [0.1, 0.15) is 23.7 Å². The van der Waals surface area contributed by atoms with E-state index in [0.29, 0.717) is 66.1 Å². The van der Waals surface area contributed by atoms with Crippen LogP contribution in [0.5, 0.6) is 11.5 Å². The molecular weight excluding hydrogens is 636 g/mol. The molecular formula is C37H48O12. The van der Waals surface area contributed by atoms with E-state index in [1.807, 2.05) is 66.7 Å². The molecule has 3 rings (SSSR count). The standard InChI is InChI=1S/C37H48O12/c1-41-33-12-8-31(9-13-33)37(30-6-4-3-5-7-30,32-10-14-34(42-2)15-11-32)49-29-27-47-25-23-45-21-19-43-18-20-44-22-24-46-26-28-48-36(40)17-16-35(38)39/h3-15H,16-29H2,1-2H3,(H,38,39). The Morgan fingerprint density at radius 1 is 0.510 bits per heavy atom. The average Bonchev–Trinajstić information content (AvgIpc) is 3.14. The van der Waals surface area contributed by atoms with Crippen molar-refractivity contribution in [3.63, 3.8) is 0 Å². The molecule has 0 amide bonds. The van der Waals surface area contributed by atoms with Gasteiger partial charge in [-0.05, 0) is 41.0 Å². The summed E-state index contributed by atoms with van der Waals surface area (Å²) in [5.41, 5.74) is 2.01.